The Morgan fingerprint density at radius 2 is 1.36 bits per heavy atom. The molecule has 3 aromatic heterocycles. The summed E-state index contributed by atoms with van der Waals surface area (Å²) >= 11 is 0. The van der Waals surface area contributed by atoms with Gasteiger partial charge in [0.05, 0.1) is 19.6 Å². The van der Waals surface area contributed by atoms with Crippen molar-refractivity contribution in [2.24, 2.45) is 5.41 Å². The molecule has 0 amide bonds. The Balaban J connectivity index is 1.14. The lowest BCUT2D eigenvalue weighted by Gasteiger charge is -2.42. The van der Waals surface area contributed by atoms with Gasteiger partial charge in [0.25, 0.3) is 5.82 Å². The zero-order valence-electron chi connectivity index (χ0n) is 38.6. The molecule has 0 N–H and O–H groups in total. The van der Waals surface area contributed by atoms with Gasteiger partial charge in [0.1, 0.15) is 23.4 Å². The van der Waals surface area contributed by atoms with Gasteiger partial charge in [-0.3, -0.25) is 0 Å². The van der Waals surface area contributed by atoms with Gasteiger partial charge in [-0.2, -0.15) is 9.13 Å². The molecule has 5 heterocycles. The summed E-state index contributed by atoms with van der Waals surface area (Å²) in [4.78, 5) is 0. The predicted molar refractivity (Wildman–Crippen MR) is 274 cm³/mol. The van der Waals surface area contributed by atoms with Crippen LogP contribution in [0, 0.1) is 5.41 Å². The first-order chi connectivity index (χ1) is 32.0. The first-order valence-electron chi connectivity index (χ1n) is 23.7. The van der Waals surface area contributed by atoms with Crippen molar-refractivity contribution < 1.29 is 13.6 Å². The molecule has 0 saturated carbocycles. The summed E-state index contributed by atoms with van der Waals surface area (Å²) in [6, 6.07) is 63.2. The minimum Gasteiger partial charge on any atom is -0.455 e. The molecule has 10 aromatic rings. The van der Waals surface area contributed by atoms with Crippen LogP contribution in [0.1, 0.15) is 49.4 Å². The van der Waals surface area contributed by atoms with Crippen LogP contribution < -0.4 is 14.3 Å². The maximum absolute atomic E-state index is 7.17. The number of nitrogens with zero attached hydrogens (tertiary/aromatic N) is 3. The number of allylic oxidation sites excluding steroid dienone is 2. The van der Waals surface area contributed by atoms with Gasteiger partial charge < -0.3 is 4.42 Å². The van der Waals surface area contributed by atoms with Gasteiger partial charge >= 0.3 is 0 Å². The van der Waals surface area contributed by atoms with Crippen LogP contribution in [0.2, 0.25) is 19.6 Å². The Morgan fingerprint density at radius 3 is 2.15 bits per heavy atom. The molecule has 0 saturated heterocycles. The Labute approximate surface area is 387 Å². The second kappa shape index (κ2) is 14.2. The number of aromatic nitrogens is 3. The quantitative estimate of drug-likeness (QED) is 0.125. The molecule has 0 radical (unpaired) electrons. The molecule has 2 atom stereocenters. The van der Waals surface area contributed by atoms with Gasteiger partial charge in [-0.25, -0.2) is 4.57 Å². The van der Waals surface area contributed by atoms with Crippen LogP contribution in [0.15, 0.2) is 186 Å². The monoisotopic (exact) mass is 871 g/mol. The van der Waals surface area contributed by atoms with Crippen LogP contribution in [-0.4, -0.2) is 12.6 Å². The maximum atomic E-state index is 7.17. The molecule has 0 bridgehead atoms. The van der Waals surface area contributed by atoms with Gasteiger partial charge in [0.2, 0.25) is 5.69 Å². The predicted octanol–water partition coefficient (Wildman–Crippen LogP) is 14.0. The number of hydrogen-bond donors (Lipinski definition) is 0. The summed E-state index contributed by atoms with van der Waals surface area (Å²) in [5.74, 6) is 1.33. The Morgan fingerprint density at radius 1 is 0.652 bits per heavy atom. The van der Waals surface area contributed by atoms with Crippen molar-refractivity contribution in [3.8, 4) is 50.6 Å². The number of benzene rings is 7. The second-order valence-corrected chi connectivity index (χ2v) is 26.1. The number of furan rings is 1. The van der Waals surface area contributed by atoms with Crippen molar-refractivity contribution in [1.82, 2.24) is 4.57 Å². The molecule has 1 aliphatic carbocycles. The highest BCUT2D eigenvalue weighted by Gasteiger charge is 2.57. The van der Waals surface area contributed by atoms with E-state index in [1.54, 1.807) is 5.19 Å². The summed E-state index contributed by atoms with van der Waals surface area (Å²) in [7, 11) is -1.76. The molecule has 320 valence electrons. The lowest BCUT2D eigenvalue weighted by atomic mass is 9.63. The van der Waals surface area contributed by atoms with E-state index >= 15 is 0 Å². The molecule has 66 heavy (non-hydrogen) atoms. The minimum atomic E-state index is -1.76. The average Bonchev–Trinajstić information content (AvgIpc) is 3.82. The lowest BCUT2D eigenvalue weighted by molar-refractivity contribution is -0.719. The third-order valence-electron chi connectivity index (χ3n) is 14.6. The van der Waals surface area contributed by atoms with E-state index in [0.717, 1.165) is 52.0 Å². The maximum Gasteiger partial charge on any atom is 0.299 e. The molecule has 4 nitrogen and oxygen atoms in total. The highest BCUT2D eigenvalue weighted by Crippen LogP contribution is 2.60. The third kappa shape index (κ3) is 5.82. The first kappa shape index (κ1) is 39.3. The van der Waals surface area contributed by atoms with E-state index in [1.807, 2.05) is 0 Å². The Bertz CT molecular complexity index is 3670. The van der Waals surface area contributed by atoms with Crippen LogP contribution in [-0.2, 0) is 13.0 Å². The molecule has 5 heteroatoms. The molecule has 2 aliphatic heterocycles. The summed E-state index contributed by atoms with van der Waals surface area (Å²) in [6.45, 7) is 15.5. The second-order valence-electron chi connectivity index (χ2n) is 21.1. The molecular weight excluding hydrogens is 819 g/mol. The van der Waals surface area contributed by atoms with Gasteiger partial charge in [-0.15, -0.1) is 0 Å². The number of imidazole rings is 1. The summed E-state index contributed by atoms with van der Waals surface area (Å²) in [6.07, 6.45) is 3.67. The molecule has 3 aliphatic rings. The zero-order valence-corrected chi connectivity index (χ0v) is 39.6. The van der Waals surface area contributed by atoms with Crippen LogP contribution >= 0.6 is 0 Å². The fourth-order valence-electron chi connectivity index (χ4n) is 11.9. The smallest absolute Gasteiger partial charge is 0.299 e. The van der Waals surface area contributed by atoms with Crippen molar-refractivity contribution in [3.63, 3.8) is 0 Å². The van der Waals surface area contributed by atoms with Gasteiger partial charge in [-0.1, -0.05) is 162 Å². The summed E-state index contributed by atoms with van der Waals surface area (Å²) in [5.41, 5.74) is 21.3. The largest absolute Gasteiger partial charge is 0.455 e. The van der Waals surface area contributed by atoms with E-state index in [9.17, 15) is 0 Å². The fraction of sp³-hybridized carbons (Fsp3) is 0.180. The number of hydrogen-bond acceptors (Lipinski definition) is 1. The van der Waals surface area contributed by atoms with Crippen LogP contribution in [0.25, 0.3) is 89.1 Å². The van der Waals surface area contributed by atoms with Gasteiger partial charge in [0, 0.05) is 33.2 Å². The van der Waals surface area contributed by atoms with Crippen molar-refractivity contribution in [1.29, 1.82) is 0 Å². The zero-order chi connectivity index (χ0) is 44.6. The topological polar surface area (TPSA) is 25.8 Å². The van der Waals surface area contributed by atoms with Gasteiger partial charge in [-0.05, 0) is 93.3 Å². The SMILES string of the molecule is CC(C)(C)Cc1cc2[n+](cc1[Si](C)(C)C)C1C3=C(c4ccc5c(oc6ccccc65)c4-c4n(-c5ccc(-c6ccccc6)cc5-c5ccccc5)c5ccccc5[n+]4C3)C1c1ccccc1-2. The van der Waals surface area contributed by atoms with Crippen LogP contribution in [0.5, 0.6) is 0 Å². The third-order valence-corrected chi connectivity index (χ3v) is 16.7. The number of para-hydroxylation sites is 3. The van der Waals surface area contributed by atoms with E-state index in [-0.39, 0.29) is 17.4 Å². The van der Waals surface area contributed by atoms with E-state index in [1.165, 1.54) is 72.4 Å². The molecule has 0 fully saturated rings. The molecule has 7 aromatic carbocycles. The Hall–Kier alpha value is -7.08. The van der Waals surface area contributed by atoms with E-state index in [4.69, 9.17) is 4.42 Å². The molecule has 13 rings (SSSR count). The average molecular weight is 872 g/mol. The number of rotatable bonds is 5. The highest BCUT2D eigenvalue weighted by molar-refractivity contribution is 6.89. The van der Waals surface area contributed by atoms with Crippen molar-refractivity contribution in [3.05, 3.63) is 198 Å². The van der Waals surface area contributed by atoms with Crippen LogP contribution in [0.3, 0.4) is 0 Å². The lowest BCUT2D eigenvalue weighted by Crippen LogP contribution is -2.58. The van der Waals surface area contributed by atoms with Gasteiger partial charge in [0.15, 0.2) is 28.9 Å². The molecule has 0 spiro atoms. The highest BCUT2D eigenvalue weighted by atomic mass is 28.3. The van der Waals surface area contributed by atoms with Crippen molar-refractivity contribution >= 4 is 51.8 Å². The van der Waals surface area contributed by atoms with E-state index < -0.39 is 8.07 Å². The minimum absolute atomic E-state index is 0.173. The summed E-state index contributed by atoms with van der Waals surface area (Å²) in [5, 5.41) is 3.86. The van der Waals surface area contributed by atoms with E-state index in [2.05, 4.69) is 230 Å². The first-order valence-corrected chi connectivity index (χ1v) is 27.2. The Kier molecular flexibility index (Phi) is 8.46. The van der Waals surface area contributed by atoms with E-state index in [0.29, 0.717) is 0 Å². The number of pyridine rings is 1. The number of fused-ring (bicyclic) bond motifs is 18. The summed E-state index contributed by atoms with van der Waals surface area (Å²) < 4.78 is 15.1. The fourth-order valence-corrected chi connectivity index (χ4v) is 13.6. The molecule has 2 unspecified atom stereocenters. The van der Waals surface area contributed by atoms with Crippen molar-refractivity contribution in [2.45, 2.75) is 65.3 Å². The standard InChI is InChI=1S/C61H53N3OSi/c1-61(2,3)35-41-34-52-42-23-13-14-25-44(42)56-55-46-31-30-45-43-24-15-18-28-53(43)65-59(45)57(46)60-63(36-48(55)58(56)62(52)37-54(41)66(4,5)6)50-26-16-17-27-51(50)64(60)49-32-29-40(38-19-9-7-10-20-38)33-47(49)39-21-11-8-12-22-39/h7-34,37,56,58H,35-36H2,1-6H3/q+2. The van der Waals surface area contributed by atoms with Crippen LogP contribution in [0.4, 0.5) is 0 Å². The van der Waals surface area contributed by atoms with Crippen molar-refractivity contribution in [2.75, 3.05) is 0 Å². The molecular formula is C61H53N3OSi+2. The normalized spacial score (nSPS) is 16.3.